The number of carbonyl (C=O) groups excluding carboxylic acids is 1. The van der Waals surface area contributed by atoms with Gasteiger partial charge in [0.25, 0.3) is 5.91 Å². The van der Waals surface area contributed by atoms with E-state index >= 15 is 0 Å². The Bertz CT molecular complexity index is 1120. The van der Waals surface area contributed by atoms with Crippen molar-refractivity contribution in [1.82, 2.24) is 4.57 Å². The number of benzene rings is 2. The Balaban J connectivity index is 2.17. The quantitative estimate of drug-likeness (QED) is 0.692. The number of aliphatic carboxylic acids is 1. The van der Waals surface area contributed by atoms with Crippen LogP contribution in [0.5, 0.6) is 0 Å². The summed E-state index contributed by atoms with van der Waals surface area (Å²) in [7, 11) is 0. The Morgan fingerprint density at radius 1 is 1.14 bits per heavy atom. The average Bonchev–Trinajstić information content (AvgIpc) is 2.99. The van der Waals surface area contributed by atoms with Crippen molar-refractivity contribution in [1.29, 1.82) is 0 Å². The lowest BCUT2D eigenvalue weighted by molar-refractivity contribution is -0.142. The number of alkyl halides is 3. The number of halogens is 3. The molecule has 0 saturated carbocycles. The molecule has 0 aliphatic heterocycles. The summed E-state index contributed by atoms with van der Waals surface area (Å²) in [5, 5.41) is 18.9. The van der Waals surface area contributed by atoms with Crippen LogP contribution in [0.1, 0.15) is 22.0 Å². The highest BCUT2D eigenvalue weighted by Crippen LogP contribution is 2.29. The zero-order valence-corrected chi connectivity index (χ0v) is 14.9. The van der Waals surface area contributed by atoms with Gasteiger partial charge >= 0.3 is 12.1 Å². The van der Waals surface area contributed by atoms with Crippen LogP contribution < -0.4 is 4.80 Å². The van der Waals surface area contributed by atoms with Crippen LogP contribution in [0.3, 0.4) is 0 Å². The number of aromatic nitrogens is 1. The maximum absolute atomic E-state index is 12.9. The number of amides is 1. The molecule has 1 amide bonds. The minimum Gasteiger partial charge on any atom is -0.480 e. The Kier molecular flexibility index (Phi) is 5.34. The van der Waals surface area contributed by atoms with Gasteiger partial charge in [0.05, 0.1) is 22.4 Å². The molecule has 3 rings (SSSR count). The van der Waals surface area contributed by atoms with E-state index in [0.29, 0.717) is 16.3 Å². The molecule has 0 spiro atoms. The third-order valence-electron chi connectivity index (χ3n) is 3.94. The van der Waals surface area contributed by atoms with Crippen LogP contribution in [0.15, 0.2) is 53.5 Å². The summed E-state index contributed by atoms with van der Waals surface area (Å²) >= 11 is 0.997. The largest absolute Gasteiger partial charge is 0.480 e. The van der Waals surface area contributed by atoms with Crippen molar-refractivity contribution in [2.75, 3.05) is 6.61 Å². The molecule has 6 nitrogen and oxygen atoms in total. The highest BCUT2D eigenvalue weighted by Gasteiger charge is 2.31. The third-order valence-corrected chi connectivity index (χ3v) is 4.97. The minimum atomic E-state index is -4.61. The summed E-state index contributed by atoms with van der Waals surface area (Å²) in [5.74, 6) is -2.28. The predicted molar refractivity (Wildman–Crippen MR) is 94.9 cm³/mol. The van der Waals surface area contributed by atoms with Crippen LogP contribution in [-0.2, 0) is 11.0 Å². The number of nitrogens with zero attached hydrogens (tertiary/aromatic N) is 2. The fourth-order valence-corrected chi connectivity index (χ4v) is 3.69. The Labute approximate surface area is 159 Å². The summed E-state index contributed by atoms with van der Waals surface area (Å²) < 4.78 is 40.4. The zero-order chi connectivity index (χ0) is 20.5. The van der Waals surface area contributed by atoms with Crippen LogP contribution in [0.2, 0.25) is 0 Å². The highest BCUT2D eigenvalue weighted by atomic mass is 32.1. The number of fused-ring (bicyclic) bond motifs is 1. The molecular formula is C18H13F3N2O4S. The number of hydrogen-bond donors (Lipinski definition) is 2. The number of carboxylic acids is 1. The number of para-hydroxylation sites is 1. The van der Waals surface area contributed by atoms with Gasteiger partial charge in [0.1, 0.15) is 0 Å². The molecule has 0 saturated heterocycles. The predicted octanol–water partition coefficient (Wildman–Crippen LogP) is 3.08. The second-order valence-electron chi connectivity index (χ2n) is 5.75. The molecule has 0 aliphatic carbocycles. The topological polar surface area (TPSA) is 91.9 Å². The summed E-state index contributed by atoms with van der Waals surface area (Å²) in [4.78, 5) is 27.8. The van der Waals surface area contributed by atoms with Gasteiger partial charge in [-0.25, -0.2) is 4.79 Å². The first kappa shape index (κ1) is 19.8. The van der Waals surface area contributed by atoms with Gasteiger partial charge < -0.3 is 10.2 Å². The molecular weight excluding hydrogens is 397 g/mol. The van der Waals surface area contributed by atoms with Gasteiger partial charge in [-0.2, -0.15) is 18.2 Å². The highest BCUT2D eigenvalue weighted by molar-refractivity contribution is 7.16. The van der Waals surface area contributed by atoms with Crippen LogP contribution in [0.4, 0.5) is 13.2 Å². The summed E-state index contributed by atoms with van der Waals surface area (Å²) in [5.41, 5.74) is -0.837. The zero-order valence-electron chi connectivity index (χ0n) is 14.1. The lowest BCUT2D eigenvalue weighted by Crippen LogP contribution is -2.30. The number of carboxylic acid groups (broad SMARTS) is 1. The second kappa shape index (κ2) is 7.56. The van der Waals surface area contributed by atoms with Gasteiger partial charge in [0.15, 0.2) is 10.8 Å². The van der Waals surface area contributed by atoms with Gasteiger partial charge in [-0.05, 0) is 30.3 Å². The van der Waals surface area contributed by atoms with Crippen LogP contribution in [0.25, 0.3) is 10.2 Å². The number of carbonyl (C=O) groups is 2. The normalized spacial score (nSPS) is 13.6. The Hall–Kier alpha value is -2.98. The monoisotopic (exact) mass is 410 g/mol. The molecule has 1 unspecified atom stereocenters. The van der Waals surface area contributed by atoms with E-state index in [2.05, 4.69) is 4.99 Å². The van der Waals surface area contributed by atoms with Crippen LogP contribution in [-0.4, -0.2) is 33.3 Å². The molecule has 10 heteroatoms. The van der Waals surface area contributed by atoms with Crippen molar-refractivity contribution < 1.29 is 33.0 Å². The lowest BCUT2D eigenvalue weighted by atomic mass is 10.1. The van der Waals surface area contributed by atoms with Crippen LogP contribution >= 0.6 is 11.3 Å². The van der Waals surface area contributed by atoms with Crippen molar-refractivity contribution >= 4 is 33.4 Å². The number of thiazole rings is 1. The van der Waals surface area contributed by atoms with Crippen molar-refractivity contribution in [3.05, 3.63) is 64.5 Å². The molecule has 1 atom stereocenters. The van der Waals surface area contributed by atoms with E-state index in [1.165, 1.54) is 10.6 Å². The SMILES string of the molecule is O=C(N=c1sc2ccccc2n1C(CO)C(=O)O)c1cccc(C(F)(F)F)c1. The first-order chi connectivity index (χ1) is 13.2. The summed E-state index contributed by atoms with van der Waals surface area (Å²) in [6, 6.07) is 9.05. The Morgan fingerprint density at radius 3 is 2.50 bits per heavy atom. The van der Waals surface area contributed by atoms with Gasteiger partial charge in [0, 0.05) is 5.56 Å². The fraction of sp³-hybridized carbons (Fsp3) is 0.167. The Morgan fingerprint density at radius 2 is 1.86 bits per heavy atom. The molecule has 2 aromatic carbocycles. The van der Waals surface area contributed by atoms with Crippen molar-refractivity contribution in [3.8, 4) is 0 Å². The summed E-state index contributed by atoms with van der Waals surface area (Å²) in [6.45, 7) is -0.749. The van der Waals surface area contributed by atoms with E-state index in [4.69, 9.17) is 0 Å². The maximum Gasteiger partial charge on any atom is 0.416 e. The molecule has 28 heavy (non-hydrogen) atoms. The second-order valence-corrected chi connectivity index (χ2v) is 6.76. The maximum atomic E-state index is 12.9. The molecule has 146 valence electrons. The fourth-order valence-electron chi connectivity index (χ4n) is 2.62. The van der Waals surface area contributed by atoms with Crippen molar-refractivity contribution in [3.63, 3.8) is 0 Å². The minimum absolute atomic E-state index is 0.0370. The molecule has 2 N–H and O–H groups in total. The van der Waals surface area contributed by atoms with E-state index < -0.39 is 36.3 Å². The van der Waals surface area contributed by atoms with E-state index in [0.717, 1.165) is 23.5 Å². The molecule has 0 fully saturated rings. The molecule has 0 aliphatic rings. The summed E-state index contributed by atoms with van der Waals surface area (Å²) in [6.07, 6.45) is -4.61. The van der Waals surface area contributed by atoms with E-state index in [9.17, 15) is 33.0 Å². The molecule has 1 heterocycles. The average molecular weight is 410 g/mol. The number of aliphatic hydroxyl groups is 1. The van der Waals surface area contributed by atoms with Gasteiger partial charge in [-0.3, -0.25) is 9.36 Å². The first-order valence-electron chi connectivity index (χ1n) is 7.92. The van der Waals surface area contributed by atoms with E-state index in [-0.39, 0.29) is 10.4 Å². The van der Waals surface area contributed by atoms with Gasteiger partial charge in [0.2, 0.25) is 0 Å². The molecule has 1 aromatic heterocycles. The smallest absolute Gasteiger partial charge is 0.416 e. The van der Waals surface area contributed by atoms with Crippen molar-refractivity contribution in [2.45, 2.75) is 12.2 Å². The van der Waals surface area contributed by atoms with Gasteiger partial charge in [-0.1, -0.05) is 29.5 Å². The number of rotatable bonds is 4. The van der Waals surface area contributed by atoms with Gasteiger partial charge in [-0.15, -0.1) is 0 Å². The first-order valence-corrected chi connectivity index (χ1v) is 8.74. The number of hydrogen-bond acceptors (Lipinski definition) is 4. The third kappa shape index (κ3) is 3.82. The molecule has 3 aromatic rings. The van der Waals surface area contributed by atoms with E-state index in [1.54, 1.807) is 24.3 Å². The number of aliphatic hydroxyl groups excluding tert-OH is 1. The standard InChI is InChI=1S/C18H13F3N2O4S/c19-18(20,21)11-5-3-4-10(8-11)15(25)22-17-23(13(9-24)16(26)27)12-6-1-2-7-14(12)28-17/h1-8,13,24H,9H2,(H,26,27). The molecule has 0 radical (unpaired) electrons. The van der Waals surface area contributed by atoms with E-state index in [1.807, 2.05) is 0 Å². The molecule has 0 bridgehead atoms. The van der Waals surface area contributed by atoms with Crippen molar-refractivity contribution in [2.24, 2.45) is 4.99 Å². The van der Waals surface area contributed by atoms with Crippen LogP contribution in [0, 0.1) is 0 Å². The lowest BCUT2D eigenvalue weighted by Gasteiger charge is -2.12.